The fourth-order valence-electron chi connectivity index (χ4n) is 3.83. The summed E-state index contributed by atoms with van der Waals surface area (Å²) in [6, 6.07) is 23.2. The number of benzene rings is 3. The monoisotopic (exact) mass is 501 g/mol. The second kappa shape index (κ2) is 14.4. The van der Waals surface area contributed by atoms with Crippen molar-refractivity contribution >= 4 is 17.7 Å². The van der Waals surface area contributed by atoms with E-state index in [4.69, 9.17) is 10.5 Å². The molecular formula is C30H35N3O4. The molecule has 0 aliphatic heterocycles. The molecule has 0 bridgehead atoms. The molecule has 194 valence electrons. The Morgan fingerprint density at radius 2 is 1.57 bits per heavy atom. The summed E-state index contributed by atoms with van der Waals surface area (Å²) in [5, 5.41) is 5.82. The maximum atomic E-state index is 13.1. The molecule has 0 saturated heterocycles. The van der Waals surface area contributed by atoms with E-state index in [1.54, 1.807) is 24.3 Å². The van der Waals surface area contributed by atoms with Crippen LogP contribution in [-0.2, 0) is 22.6 Å². The van der Waals surface area contributed by atoms with Crippen LogP contribution in [0.4, 0.5) is 0 Å². The van der Waals surface area contributed by atoms with Crippen molar-refractivity contribution in [2.24, 2.45) is 5.73 Å². The summed E-state index contributed by atoms with van der Waals surface area (Å²) < 4.78 is 5.85. The lowest BCUT2D eigenvalue weighted by molar-refractivity contribution is -0.129. The minimum Gasteiger partial charge on any atom is -0.489 e. The number of nitrogens with two attached hydrogens (primary N) is 1. The summed E-state index contributed by atoms with van der Waals surface area (Å²) in [5.41, 5.74) is 8.43. The van der Waals surface area contributed by atoms with Crippen molar-refractivity contribution in [1.29, 1.82) is 0 Å². The van der Waals surface area contributed by atoms with Crippen molar-refractivity contribution in [3.63, 3.8) is 0 Å². The largest absolute Gasteiger partial charge is 0.489 e. The number of carbonyl (C=O) groups is 3. The second-order valence-electron chi connectivity index (χ2n) is 8.90. The number of rotatable bonds is 14. The second-order valence-corrected chi connectivity index (χ2v) is 8.90. The van der Waals surface area contributed by atoms with Crippen LogP contribution in [0, 0.1) is 0 Å². The number of amides is 3. The topological polar surface area (TPSA) is 111 Å². The average Bonchev–Trinajstić information content (AvgIpc) is 2.92. The predicted molar refractivity (Wildman–Crippen MR) is 144 cm³/mol. The lowest BCUT2D eigenvalue weighted by atomic mass is 10.0. The van der Waals surface area contributed by atoms with Crippen LogP contribution in [0.3, 0.4) is 0 Å². The summed E-state index contributed by atoms with van der Waals surface area (Å²) in [4.78, 5) is 36.9. The van der Waals surface area contributed by atoms with Crippen LogP contribution in [-0.4, -0.2) is 24.3 Å². The Kier molecular flexibility index (Phi) is 10.7. The van der Waals surface area contributed by atoms with Gasteiger partial charge in [0.15, 0.2) is 0 Å². The Bertz CT molecular complexity index is 1150. The standard InChI is InChI=1S/C30H35N3O4/c1-2-3-5-10-27(34)33-28(30(36)32-20-19-22-11-13-25(14-12-22)29(31)35)24-15-17-26(18-16-24)37-21-23-8-6-4-7-9-23/h4,6-9,11-18,28H,2-3,5,10,19-21H2,1H3,(H2,31,35)(H,32,36)(H,33,34)/t28-/m0/s1. The molecular weight excluding hydrogens is 466 g/mol. The van der Waals surface area contributed by atoms with E-state index in [1.807, 2.05) is 54.6 Å². The molecule has 7 heteroatoms. The molecule has 7 nitrogen and oxygen atoms in total. The van der Waals surface area contributed by atoms with E-state index in [-0.39, 0.29) is 11.8 Å². The van der Waals surface area contributed by atoms with E-state index in [9.17, 15) is 14.4 Å². The van der Waals surface area contributed by atoms with Crippen molar-refractivity contribution in [2.45, 2.75) is 51.7 Å². The van der Waals surface area contributed by atoms with E-state index in [0.717, 1.165) is 30.4 Å². The SMILES string of the molecule is CCCCCC(=O)N[C@H](C(=O)NCCc1ccc(C(N)=O)cc1)c1ccc(OCc2ccccc2)cc1. The van der Waals surface area contributed by atoms with Crippen molar-refractivity contribution in [3.05, 3.63) is 101 Å². The molecule has 3 aromatic rings. The Labute approximate surface area is 218 Å². The summed E-state index contributed by atoms with van der Waals surface area (Å²) in [7, 11) is 0. The number of hydrogen-bond donors (Lipinski definition) is 3. The van der Waals surface area contributed by atoms with Crippen LogP contribution in [0.2, 0.25) is 0 Å². The van der Waals surface area contributed by atoms with E-state index < -0.39 is 11.9 Å². The van der Waals surface area contributed by atoms with Crippen molar-refractivity contribution < 1.29 is 19.1 Å². The van der Waals surface area contributed by atoms with Crippen molar-refractivity contribution in [3.8, 4) is 5.75 Å². The molecule has 37 heavy (non-hydrogen) atoms. The average molecular weight is 502 g/mol. The third-order valence-corrected chi connectivity index (χ3v) is 5.99. The number of carbonyl (C=O) groups excluding carboxylic acids is 3. The molecule has 0 fully saturated rings. The van der Waals surface area contributed by atoms with Crippen LogP contribution >= 0.6 is 0 Å². The molecule has 0 heterocycles. The molecule has 0 unspecified atom stereocenters. The van der Waals surface area contributed by atoms with Gasteiger partial charge in [-0.15, -0.1) is 0 Å². The molecule has 0 aliphatic carbocycles. The molecule has 3 amide bonds. The predicted octanol–water partition coefficient (Wildman–Crippen LogP) is 4.46. The minimum absolute atomic E-state index is 0.153. The Balaban J connectivity index is 1.62. The first-order chi connectivity index (χ1) is 18.0. The summed E-state index contributed by atoms with van der Waals surface area (Å²) >= 11 is 0. The Hall–Kier alpha value is -4.13. The van der Waals surface area contributed by atoms with Gasteiger partial charge in [0.2, 0.25) is 17.7 Å². The zero-order valence-electron chi connectivity index (χ0n) is 21.2. The number of primary amides is 1. The smallest absolute Gasteiger partial charge is 0.248 e. The van der Waals surface area contributed by atoms with Gasteiger partial charge < -0.3 is 21.1 Å². The van der Waals surface area contributed by atoms with Gasteiger partial charge in [-0.05, 0) is 53.8 Å². The van der Waals surface area contributed by atoms with Crippen LogP contribution in [0.15, 0.2) is 78.9 Å². The summed E-state index contributed by atoms with van der Waals surface area (Å²) in [5.74, 6) is -0.232. The fraction of sp³-hybridized carbons (Fsp3) is 0.300. The molecule has 0 aromatic heterocycles. The number of nitrogens with one attached hydrogen (secondary N) is 2. The molecule has 3 aromatic carbocycles. The third kappa shape index (κ3) is 9.11. The highest BCUT2D eigenvalue weighted by Gasteiger charge is 2.22. The van der Waals surface area contributed by atoms with Gasteiger partial charge in [-0.3, -0.25) is 14.4 Å². The molecule has 0 saturated carbocycles. The molecule has 0 radical (unpaired) electrons. The van der Waals surface area contributed by atoms with Gasteiger partial charge in [0.05, 0.1) is 0 Å². The van der Waals surface area contributed by atoms with Crippen molar-refractivity contribution in [2.75, 3.05) is 6.54 Å². The summed E-state index contributed by atoms with van der Waals surface area (Å²) in [6.07, 6.45) is 3.72. The summed E-state index contributed by atoms with van der Waals surface area (Å²) in [6.45, 7) is 2.91. The molecule has 4 N–H and O–H groups in total. The van der Waals surface area contributed by atoms with Gasteiger partial charge in [0, 0.05) is 18.5 Å². The van der Waals surface area contributed by atoms with Crippen LogP contribution < -0.4 is 21.1 Å². The van der Waals surface area contributed by atoms with Gasteiger partial charge in [0.1, 0.15) is 18.4 Å². The Morgan fingerprint density at radius 3 is 2.22 bits per heavy atom. The Morgan fingerprint density at radius 1 is 0.865 bits per heavy atom. The van der Waals surface area contributed by atoms with Gasteiger partial charge in [-0.25, -0.2) is 0 Å². The van der Waals surface area contributed by atoms with E-state index in [2.05, 4.69) is 17.6 Å². The zero-order chi connectivity index (χ0) is 26.5. The first kappa shape index (κ1) is 27.5. The first-order valence-electron chi connectivity index (χ1n) is 12.7. The van der Waals surface area contributed by atoms with E-state index >= 15 is 0 Å². The number of hydrogen-bond acceptors (Lipinski definition) is 4. The van der Waals surface area contributed by atoms with Gasteiger partial charge in [-0.2, -0.15) is 0 Å². The third-order valence-electron chi connectivity index (χ3n) is 5.99. The minimum atomic E-state index is -0.811. The maximum absolute atomic E-state index is 13.1. The quantitative estimate of drug-likeness (QED) is 0.283. The maximum Gasteiger partial charge on any atom is 0.248 e. The number of ether oxygens (including phenoxy) is 1. The van der Waals surface area contributed by atoms with Crippen molar-refractivity contribution in [1.82, 2.24) is 10.6 Å². The lowest BCUT2D eigenvalue weighted by Gasteiger charge is -2.19. The van der Waals surface area contributed by atoms with Gasteiger partial charge in [-0.1, -0.05) is 74.4 Å². The van der Waals surface area contributed by atoms with Gasteiger partial charge >= 0.3 is 0 Å². The molecule has 0 aliphatic rings. The highest BCUT2D eigenvalue weighted by Crippen LogP contribution is 2.20. The first-order valence-corrected chi connectivity index (χ1v) is 12.7. The highest BCUT2D eigenvalue weighted by atomic mass is 16.5. The number of unbranched alkanes of at least 4 members (excludes halogenated alkanes) is 2. The van der Waals surface area contributed by atoms with E-state index in [0.29, 0.717) is 42.9 Å². The lowest BCUT2D eigenvalue weighted by Crippen LogP contribution is -2.41. The fourth-order valence-corrected chi connectivity index (χ4v) is 3.83. The van der Waals surface area contributed by atoms with Gasteiger partial charge in [0.25, 0.3) is 0 Å². The molecule has 1 atom stereocenters. The van der Waals surface area contributed by atoms with Crippen LogP contribution in [0.5, 0.6) is 5.75 Å². The van der Waals surface area contributed by atoms with E-state index in [1.165, 1.54) is 0 Å². The highest BCUT2D eigenvalue weighted by molar-refractivity contribution is 5.92. The molecule has 0 spiro atoms. The molecule has 3 rings (SSSR count). The van der Waals surface area contributed by atoms with Crippen LogP contribution in [0.25, 0.3) is 0 Å². The van der Waals surface area contributed by atoms with Crippen LogP contribution in [0.1, 0.15) is 65.7 Å². The zero-order valence-corrected chi connectivity index (χ0v) is 21.2. The normalized spacial score (nSPS) is 11.4.